The fraction of sp³-hybridized carbons (Fsp3) is 0.182. The number of hydrogen-bond donors (Lipinski definition) is 2. The smallest absolute Gasteiger partial charge is 0.127 e. The largest absolute Gasteiger partial charge is 0.373 e. The van der Waals surface area contributed by atoms with Crippen LogP contribution in [0.4, 0.5) is 5.82 Å². The molecule has 3 rings (SSSR count). The van der Waals surface area contributed by atoms with Crippen LogP contribution in [-0.4, -0.2) is 32.0 Å². The van der Waals surface area contributed by atoms with Crippen molar-refractivity contribution in [3.8, 4) is 11.3 Å². The van der Waals surface area contributed by atoms with Crippen molar-refractivity contribution in [2.75, 3.05) is 12.4 Å². The highest BCUT2D eigenvalue weighted by Crippen LogP contribution is 2.26. The van der Waals surface area contributed by atoms with Crippen LogP contribution in [0.25, 0.3) is 22.2 Å². The molecule has 3 aromatic heterocycles. The van der Waals surface area contributed by atoms with Crippen LogP contribution in [-0.2, 0) is 7.05 Å². The monoisotopic (exact) mass is 228 g/mol. The van der Waals surface area contributed by atoms with Crippen LogP contribution in [0.5, 0.6) is 0 Å². The first-order chi connectivity index (χ1) is 8.28. The number of fused-ring (bicyclic) bond motifs is 1. The zero-order valence-corrected chi connectivity index (χ0v) is 9.60. The summed E-state index contributed by atoms with van der Waals surface area (Å²) >= 11 is 0. The van der Waals surface area contributed by atoms with E-state index in [1.165, 1.54) is 0 Å². The molecule has 0 saturated heterocycles. The molecule has 17 heavy (non-hydrogen) atoms. The van der Waals surface area contributed by atoms with Crippen molar-refractivity contribution in [3.05, 3.63) is 24.7 Å². The Balaban J connectivity index is 2.18. The van der Waals surface area contributed by atoms with Crippen LogP contribution in [0.2, 0.25) is 0 Å². The lowest BCUT2D eigenvalue weighted by molar-refractivity contribution is 0.768. The van der Waals surface area contributed by atoms with Gasteiger partial charge in [-0.3, -0.25) is 9.78 Å². The zero-order valence-electron chi connectivity index (χ0n) is 9.60. The third-order valence-electron chi connectivity index (χ3n) is 2.68. The first-order valence-corrected chi connectivity index (χ1v) is 5.29. The van der Waals surface area contributed by atoms with Crippen molar-refractivity contribution >= 4 is 16.7 Å². The minimum atomic E-state index is 0.818. The number of nitrogens with one attached hydrogen (secondary N) is 2. The zero-order chi connectivity index (χ0) is 11.8. The van der Waals surface area contributed by atoms with E-state index in [-0.39, 0.29) is 0 Å². The summed E-state index contributed by atoms with van der Waals surface area (Å²) in [5.41, 5.74) is 2.82. The molecule has 0 aliphatic heterocycles. The Morgan fingerprint density at radius 1 is 1.35 bits per heavy atom. The van der Waals surface area contributed by atoms with Gasteiger partial charge in [0.25, 0.3) is 0 Å². The van der Waals surface area contributed by atoms with Crippen LogP contribution in [0.3, 0.4) is 0 Å². The second-order valence-corrected chi connectivity index (χ2v) is 3.84. The van der Waals surface area contributed by atoms with E-state index in [0.717, 1.165) is 28.0 Å². The summed E-state index contributed by atoms with van der Waals surface area (Å²) in [5.74, 6) is 0.818. The van der Waals surface area contributed by atoms with Gasteiger partial charge in [-0.2, -0.15) is 10.2 Å². The number of rotatable bonds is 2. The molecule has 6 nitrogen and oxygen atoms in total. The fourth-order valence-corrected chi connectivity index (χ4v) is 1.81. The standard InChI is InChI=1S/C11H12N6/c1-12-10-3-9-8(5-13-10)11(16-15-9)7-4-14-17(2)6-7/h3-6H,1-2H3,(H,12,13)(H,15,16). The molecule has 0 radical (unpaired) electrons. The molecule has 0 aliphatic carbocycles. The van der Waals surface area contributed by atoms with Gasteiger partial charge in [-0.1, -0.05) is 0 Å². The summed E-state index contributed by atoms with van der Waals surface area (Å²) in [4.78, 5) is 4.29. The van der Waals surface area contributed by atoms with E-state index in [0.29, 0.717) is 0 Å². The third-order valence-corrected chi connectivity index (χ3v) is 2.68. The van der Waals surface area contributed by atoms with Crippen LogP contribution < -0.4 is 5.32 Å². The highest BCUT2D eigenvalue weighted by atomic mass is 15.2. The molecule has 0 spiro atoms. The minimum Gasteiger partial charge on any atom is -0.373 e. The molecule has 0 aromatic carbocycles. The average molecular weight is 228 g/mol. The van der Waals surface area contributed by atoms with Gasteiger partial charge in [0.15, 0.2) is 0 Å². The first-order valence-electron chi connectivity index (χ1n) is 5.29. The van der Waals surface area contributed by atoms with Crippen molar-refractivity contribution in [2.24, 2.45) is 7.05 Å². The molecule has 6 heteroatoms. The number of nitrogens with zero attached hydrogens (tertiary/aromatic N) is 4. The molecule has 0 fully saturated rings. The molecule has 0 atom stereocenters. The molecular weight excluding hydrogens is 216 g/mol. The number of aryl methyl sites for hydroxylation is 1. The lowest BCUT2D eigenvalue weighted by atomic mass is 10.2. The molecular formula is C11H12N6. The van der Waals surface area contributed by atoms with Gasteiger partial charge in [0.1, 0.15) is 11.5 Å². The van der Waals surface area contributed by atoms with Gasteiger partial charge in [-0.05, 0) is 0 Å². The number of aromatic amines is 1. The molecule has 0 amide bonds. The van der Waals surface area contributed by atoms with Crippen molar-refractivity contribution in [1.29, 1.82) is 0 Å². The van der Waals surface area contributed by atoms with Crippen LogP contribution in [0.1, 0.15) is 0 Å². The van der Waals surface area contributed by atoms with E-state index in [1.54, 1.807) is 10.9 Å². The summed E-state index contributed by atoms with van der Waals surface area (Å²) < 4.78 is 1.76. The van der Waals surface area contributed by atoms with E-state index in [1.807, 2.05) is 32.6 Å². The van der Waals surface area contributed by atoms with E-state index >= 15 is 0 Å². The Morgan fingerprint density at radius 2 is 2.24 bits per heavy atom. The van der Waals surface area contributed by atoms with Crippen molar-refractivity contribution in [2.45, 2.75) is 0 Å². The first kappa shape index (κ1) is 9.83. The molecule has 0 saturated carbocycles. The SMILES string of the molecule is CNc1cc2[nH]nc(-c3cnn(C)c3)c2cn1. The van der Waals surface area contributed by atoms with E-state index in [9.17, 15) is 0 Å². The van der Waals surface area contributed by atoms with Gasteiger partial charge < -0.3 is 5.32 Å². The summed E-state index contributed by atoms with van der Waals surface area (Å²) in [6, 6.07) is 1.93. The maximum Gasteiger partial charge on any atom is 0.127 e. The summed E-state index contributed by atoms with van der Waals surface area (Å²) in [7, 11) is 3.72. The fourth-order valence-electron chi connectivity index (χ4n) is 1.81. The Kier molecular flexibility index (Phi) is 2.07. The quantitative estimate of drug-likeness (QED) is 0.695. The van der Waals surface area contributed by atoms with Crippen molar-refractivity contribution in [1.82, 2.24) is 25.0 Å². The molecule has 86 valence electrons. The maximum absolute atomic E-state index is 4.31. The van der Waals surface area contributed by atoms with E-state index < -0.39 is 0 Å². The Bertz CT molecular complexity index is 665. The lowest BCUT2D eigenvalue weighted by Crippen LogP contribution is -1.90. The highest BCUT2D eigenvalue weighted by molar-refractivity contribution is 5.93. The van der Waals surface area contributed by atoms with Gasteiger partial charge in [-0.15, -0.1) is 0 Å². The van der Waals surface area contributed by atoms with Crippen LogP contribution in [0.15, 0.2) is 24.7 Å². The second kappa shape index (κ2) is 3.58. The Hall–Kier alpha value is -2.37. The topological polar surface area (TPSA) is 71.4 Å². The average Bonchev–Trinajstić information content (AvgIpc) is 2.93. The molecule has 3 heterocycles. The lowest BCUT2D eigenvalue weighted by Gasteiger charge is -1.97. The summed E-state index contributed by atoms with van der Waals surface area (Å²) in [6.07, 6.45) is 5.54. The van der Waals surface area contributed by atoms with Gasteiger partial charge in [0.2, 0.25) is 0 Å². The minimum absolute atomic E-state index is 0.818. The van der Waals surface area contributed by atoms with Crippen LogP contribution >= 0.6 is 0 Å². The Labute approximate surface area is 97.7 Å². The van der Waals surface area contributed by atoms with Crippen LogP contribution in [0, 0.1) is 0 Å². The number of anilines is 1. The number of H-pyrrole nitrogens is 1. The number of aromatic nitrogens is 5. The molecule has 2 N–H and O–H groups in total. The second-order valence-electron chi connectivity index (χ2n) is 3.84. The van der Waals surface area contributed by atoms with Gasteiger partial charge in [0.05, 0.1) is 11.7 Å². The van der Waals surface area contributed by atoms with E-state index in [2.05, 4.69) is 25.6 Å². The van der Waals surface area contributed by atoms with E-state index in [4.69, 9.17) is 0 Å². The number of hydrogen-bond acceptors (Lipinski definition) is 4. The molecule has 3 aromatic rings. The molecule has 0 bridgehead atoms. The third kappa shape index (κ3) is 1.54. The number of pyridine rings is 1. The van der Waals surface area contributed by atoms with Gasteiger partial charge in [-0.25, -0.2) is 4.98 Å². The summed E-state index contributed by atoms with van der Waals surface area (Å²) in [5, 5.41) is 15.4. The Morgan fingerprint density at radius 3 is 2.94 bits per heavy atom. The van der Waals surface area contributed by atoms with Crippen molar-refractivity contribution < 1.29 is 0 Å². The molecule has 0 unspecified atom stereocenters. The van der Waals surface area contributed by atoms with Crippen molar-refractivity contribution in [3.63, 3.8) is 0 Å². The molecule has 0 aliphatic rings. The highest BCUT2D eigenvalue weighted by Gasteiger charge is 2.10. The predicted molar refractivity (Wildman–Crippen MR) is 65.6 cm³/mol. The predicted octanol–water partition coefficient (Wildman–Crippen LogP) is 1.40. The van der Waals surface area contributed by atoms with Gasteiger partial charge in [0, 0.05) is 43.5 Å². The normalized spacial score (nSPS) is 10.9. The summed E-state index contributed by atoms with van der Waals surface area (Å²) in [6.45, 7) is 0. The maximum atomic E-state index is 4.31. The van der Waals surface area contributed by atoms with Gasteiger partial charge >= 0.3 is 0 Å².